The number of ether oxygens (including phenoxy) is 1. The van der Waals surface area contributed by atoms with Crippen molar-refractivity contribution in [2.24, 2.45) is 0 Å². The van der Waals surface area contributed by atoms with Crippen LogP contribution in [-0.2, 0) is 0 Å². The summed E-state index contributed by atoms with van der Waals surface area (Å²) < 4.78 is 18.8. The van der Waals surface area contributed by atoms with Gasteiger partial charge in [0.1, 0.15) is 29.5 Å². The van der Waals surface area contributed by atoms with E-state index >= 15 is 0 Å². The van der Waals surface area contributed by atoms with Gasteiger partial charge in [-0.25, -0.2) is 14.4 Å². The molecule has 1 heterocycles. The highest BCUT2D eigenvalue weighted by Crippen LogP contribution is 2.26. The summed E-state index contributed by atoms with van der Waals surface area (Å²) in [4.78, 5) is 8.18. The van der Waals surface area contributed by atoms with Crippen molar-refractivity contribution in [2.45, 2.75) is 6.92 Å². The molecule has 1 aromatic heterocycles. The van der Waals surface area contributed by atoms with Crippen LogP contribution in [0.4, 0.5) is 21.7 Å². The van der Waals surface area contributed by atoms with Crippen molar-refractivity contribution in [2.75, 3.05) is 24.8 Å². The molecule has 2 aromatic rings. The van der Waals surface area contributed by atoms with Crippen molar-refractivity contribution in [1.29, 1.82) is 0 Å². The molecule has 0 aliphatic carbocycles. The minimum Gasteiger partial charge on any atom is -0.497 e. The lowest BCUT2D eigenvalue weighted by molar-refractivity contribution is 0.414. The van der Waals surface area contributed by atoms with E-state index in [1.54, 1.807) is 19.2 Å². The minimum absolute atomic E-state index is 0.309. The standard InChI is InChI=1S/C13H15FN4O/c1-8-12(15-2)16-7-17-13(8)18-11-6-9(19-3)4-5-10(11)14/h4-7H,1-3H3,(H2,15,16,17,18). The molecule has 2 N–H and O–H groups in total. The summed E-state index contributed by atoms with van der Waals surface area (Å²) in [5.41, 5.74) is 1.12. The first-order valence-electron chi connectivity index (χ1n) is 5.75. The van der Waals surface area contributed by atoms with Crippen LogP contribution in [0.2, 0.25) is 0 Å². The molecule has 0 spiro atoms. The molecule has 19 heavy (non-hydrogen) atoms. The molecule has 0 atom stereocenters. The Morgan fingerprint density at radius 1 is 1.21 bits per heavy atom. The Kier molecular flexibility index (Phi) is 3.79. The monoisotopic (exact) mass is 262 g/mol. The SMILES string of the molecule is CNc1ncnc(Nc2cc(OC)ccc2F)c1C. The first-order valence-corrected chi connectivity index (χ1v) is 5.75. The summed E-state index contributed by atoms with van der Waals surface area (Å²) in [5.74, 6) is 1.45. The van der Waals surface area contributed by atoms with Gasteiger partial charge in [0.05, 0.1) is 12.8 Å². The highest BCUT2D eigenvalue weighted by molar-refractivity contribution is 5.65. The van der Waals surface area contributed by atoms with Gasteiger partial charge < -0.3 is 15.4 Å². The fraction of sp³-hybridized carbons (Fsp3) is 0.231. The van der Waals surface area contributed by atoms with E-state index in [-0.39, 0.29) is 5.82 Å². The average Bonchev–Trinajstić information content (AvgIpc) is 2.43. The van der Waals surface area contributed by atoms with Crippen molar-refractivity contribution in [3.05, 3.63) is 35.9 Å². The summed E-state index contributed by atoms with van der Waals surface area (Å²) in [6.07, 6.45) is 1.42. The van der Waals surface area contributed by atoms with Crippen LogP contribution in [0, 0.1) is 12.7 Å². The van der Waals surface area contributed by atoms with Crippen molar-refractivity contribution in [3.8, 4) is 5.75 Å². The molecule has 0 saturated carbocycles. The van der Waals surface area contributed by atoms with Gasteiger partial charge in [-0.3, -0.25) is 0 Å². The molecule has 0 amide bonds. The number of methoxy groups -OCH3 is 1. The Morgan fingerprint density at radius 2 is 1.95 bits per heavy atom. The molecule has 0 unspecified atom stereocenters. The molecule has 6 heteroatoms. The molecular formula is C13H15FN4O. The van der Waals surface area contributed by atoms with Gasteiger partial charge in [-0.1, -0.05) is 0 Å². The predicted molar refractivity (Wildman–Crippen MR) is 72.6 cm³/mol. The van der Waals surface area contributed by atoms with E-state index in [4.69, 9.17) is 4.74 Å². The molecule has 5 nitrogen and oxygen atoms in total. The molecule has 0 bridgehead atoms. The van der Waals surface area contributed by atoms with E-state index in [2.05, 4.69) is 20.6 Å². The van der Waals surface area contributed by atoms with Crippen LogP contribution in [0.5, 0.6) is 5.75 Å². The number of hydrogen-bond donors (Lipinski definition) is 2. The molecule has 0 radical (unpaired) electrons. The van der Waals surface area contributed by atoms with Crippen LogP contribution in [0.15, 0.2) is 24.5 Å². The van der Waals surface area contributed by atoms with Gasteiger partial charge in [0, 0.05) is 18.7 Å². The minimum atomic E-state index is -0.371. The molecule has 100 valence electrons. The van der Waals surface area contributed by atoms with Gasteiger partial charge in [0.25, 0.3) is 0 Å². The van der Waals surface area contributed by atoms with Crippen LogP contribution >= 0.6 is 0 Å². The van der Waals surface area contributed by atoms with Crippen LogP contribution in [-0.4, -0.2) is 24.1 Å². The number of halogens is 1. The number of anilines is 3. The van der Waals surface area contributed by atoms with E-state index < -0.39 is 0 Å². The predicted octanol–water partition coefficient (Wildman–Crippen LogP) is 2.72. The van der Waals surface area contributed by atoms with Crippen molar-refractivity contribution >= 4 is 17.3 Å². The first-order chi connectivity index (χ1) is 9.15. The molecule has 2 rings (SSSR count). The highest BCUT2D eigenvalue weighted by atomic mass is 19.1. The Hall–Kier alpha value is -2.37. The fourth-order valence-corrected chi connectivity index (χ4v) is 1.68. The van der Waals surface area contributed by atoms with E-state index in [1.165, 1.54) is 19.5 Å². The fourth-order valence-electron chi connectivity index (χ4n) is 1.68. The Morgan fingerprint density at radius 3 is 2.63 bits per heavy atom. The van der Waals surface area contributed by atoms with Crippen LogP contribution in [0.25, 0.3) is 0 Å². The normalized spacial score (nSPS) is 10.1. The smallest absolute Gasteiger partial charge is 0.146 e. The van der Waals surface area contributed by atoms with E-state index in [0.29, 0.717) is 23.1 Å². The Labute approximate surface area is 110 Å². The third-order valence-corrected chi connectivity index (χ3v) is 2.75. The lowest BCUT2D eigenvalue weighted by atomic mass is 10.2. The molecule has 0 aliphatic heterocycles. The first kappa shape index (κ1) is 13.1. The third kappa shape index (κ3) is 2.73. The molecular weight excluding hydrogens is 247 g/mol. The lowest BCUT2D eigenvalue weighted by Crippen LogP contribution is -2.03. The van der Waals surface area contributed by atoms with Gasteiger partial charge in [0.2, 0.25) is 0 Å². The summed E-state index contributed by atoms with van der Waals surface area (Å²) >= 11 is 0. The largest absolute Gasteiger partial charge is 0.497 e. The van der Waals surface area contributed by atoms with E-state index in [1.807, 2.05) is 6.92 Å². The number of nitrogens with one attached hydrogen (secondary N) is 2. The van der Waals surface area contributed by atoms with Crippen molar-refractivity contribution < 1.29 is 9.13 Å². The Bertz CT molecular complexity index is 589. The number of rotatable bonds is 4. The lowest BCUT2D eigenvalue weighted by Gasteiger charge is -2.12. The maximum atomic E-state index is 13.7. The van der Waals surface area contributed by atoms with E-state index in [9.17, 15) is 4.39 Å². The van der Waals surface area contributed by atoms with Gasteiger partial charge in [0.15, 0.2) is 0 Å². The maximum Gasteiger partial charge on any atom is 0.146 e. The quantitative estimate of drug-likeness (QED) is 0.887. The summed E-state index contributed by atoms with van der Waals surface area (Å²) in [7, 11) is 3.30. The van der Waals surface area contributed by atoms with Gasteiger partial charge >= 0.3 is 0 Å². The maximum absolute atomic E-state index is 13.7. The number of aromatic nitrogens is 2. The second kappa shape index (κ2) is 5.51. The third-order valence-electron chi connectivity index (χ3n) is 2.75. The second-order valence-electron chi connectivity index (χ2n) is 3.92. The molecule has 1 aromatic carbocycles. The summed E-state index contributed by atoms with van der Waals surface area (Å²) in [6, 6.07) is 4.49. The van der Waals surface area contributed by atoms with Gasteiger partial charge in [-0.2, -0.15) is 0 Å². The zero-order valence-corrected chi connectivity index (χ0v) is 11.0. The summed E-state index contributed by atoms with van der Waals surface area (Å²) in [6.45, 7) is 1.85. The van der Waals surface area contributed by atoms with Crippen molar-refractivity contribution in [1.82, 2.24) is 9.97 Å². The van der Waals surface area contributed by atoms with Crippen LogP contribution in [0.3, 0.4) is 0 Å². The zero-order valence-electron chi connectivity index (χ0n) is 11.0. The average molecular weight is 262 g/mol. The topological polar surface area (TPSA) is 59.1 Å². The highest BCUT2D eigenvalue weighted by Gasteiger charge is 2.09. The summed E-state index contributed by atoms with van der Waals surface area (Å²) in [5, 5.41) is 5.89. The second-order valence-corrected chi connectivity index (χ2v) is 3.92. The number of benzene rings is 1. The van der Waals surface area contributed by atoms with Crippen molar-refractivity contribution in [3.63, 3.8) is 0 Å². The molecule has 0 aliphatic rings. The molecule has 0 fully saturated rings. The van der Waals surface area contributed by atoms with Crippen LogP contribution < -0.4 is 15.4 Å². The number of nitrogens with zero attached hydrogens (tertiary/aromatic N) is 2. The van der Waals surface area contributed by atoms with Crippen LogP contribution in [0.1, 0.15) is 5.56 Å². The van der Waals surface area contributed by atoms with E-state index in [0.717, 1.165) is 5.56 Å². The molecule has 0 saturated heterocycles. The Balaban J connectivity index is 2.36. The van der Waals surface area contributed by atoms with Gasteiger partial charge in [-0.15, -0.1) is 0 Å². The van der Waals surface area contributed by atoms with Gasteiger partial charge in [-0.05, 0) is 19.1 Å². The zero-order chi connectivity index (χ0) is 13.8. The number of hydrogen-bond acceptors (Lipinski definition) is 5.